The number of nitrogen functional groups attached to an aromatic ring is 2. The highest BCUT2D eigenvalue weighted by Gasteiger charge is 2.48. The van der Waals surface area contributed by atoms with E-state index in [9.17, 15) is 10.2 Å². The van der Waals surface area contributed by atoms with Gasteiger partial charge in [-0.2, -0.15) is 0 Å². The van der Waals surface area contributed by atoms with Crippen molar-refractivity contribution in [3.05, 3.63) is 154 Å². The van der Waals surface area contributed by atoms with Gasteiger partial charge < -0.3 is 31.2 Å². The Labute approximate surface area is 295 Å². The lowest BCUT2D eigenvalue weighted by Crippen LogP contribution is -2.28. The fourth-order valence-corrected chi connectivity index (χ4v) is 6.83. The second-order valence-corrected chi connectivity index (χ2v) is 11.8. The molecule has 6 nitrogen and oxygen atoms in total. The van der Waals surface area contributed by atoms with Gasteiger partial charge in [-0.25, -0.2) is 0 Å². The van der Waals surface area contributed by atoms with Crippen LogP contribution >= 0.6 is 0 Å². The fourth-order valence-electron chi connectivity index (χ4n) is 6.83. The second kappa shape index (κ2) is 12.4. The summed E-state index contributed by atoms with van der Waals surface area (Å²) < 4.78 is 12.2. The lowest BCUT2D eigenvalue weighted by molar-refractivity contribution is 0.466. The van der Waals surface area contributed by atoms with Gasteiger partial charge in [-0.05, 0) is 82.9 Å². The first-order valence-electron chi connectivity index (χ1n) is 15.7. The first-order valence-corrected chi connectivity index (χ1v) is 15.7. The van der Waals surface area contributed by atoms with Gasteiger partial charge in [0.25, 0.3) is 0 Å². The first kappa shape index (κ1) is 31.9. The minimum absolute atomic E-state index is 0.0273. The third-order valence-electron chi connectivity index (χ3n) is 9.11. The van der Waals surface area contributed by atoms with Crippen molar-refractivity contribution >= 4 is 11.4 Å². The quantitative estimate of drug-likeness (QED) is 0.0815. The summed E-state index contributed by atoms with van der Waals surface area (Å²) in [7, 11) is 0. The summed E-state index contributed by atoms with van der Waals surface area (Å²) in [5.41, 5.74) is 18.4. The van der Waals surface area contributed by atoms with E-state index in [4.69, 9.17) is 46.6 Å². The van der Waals surface area contributed by atoms with E-state index in [-0.39, 0.29) is 22.9 Å². The van der Waals surface area contributed by atoms with Crippen molar-refractivity contribution in [1.29, 1.82) is 0 Å². The van der Waals surface area contributed by atoms with Crippen molar-refractivity contribution in [3.8, 4) is 95.0 Å². The summed E-state index contributed by atoms with van der Waals surface area (Å²) >= 11 is 0. The molecule has 0 aliphatic heterocycles. The summed E-state index contributed by atoms with van der Waals surface area (Å²) in [4.78, 5) is 0. The number of aromatic hydroxyl groups is 2. The molecule has 1 aliphatic carbocycles. The molecule has 6 aromatic rings. The Morgan fingerprint density at radius 3 is 1.18 bits per heavy atom. The van der Waals surface area contributed by atoms with Gasteiger partial charge in [0.1, 0.15) is 34.5 Å². The van der Waals surface area contributed by atoms with Gasteiger partial charge in [0.2, 0.25) is 0 Å². The minimum Gasteiger partial charge on any atom is -0.506 e. The highest BCUT2D eigenvalue weighted by atomic mass is 16.5. The molecule has 0 saturated heterocycles. The second-order valence-electron chi connectivity index (χ2n) is 11.8. The maximum Gasteiger partial charge on any atom is 0.138 e. The number of hydrogen-bond acceptors (Lipinski definition) is 6. The number of phenols is 2. The molecule has 0 aromatic heterocycles. The molecule has 0 spiro atoms. The predicted octanol–water partition coefficient (Wildman–Crippen LogP) is 8.14. The predicted molar refractivity (Wildman–Crippen MR) is 201 cm³/mol. The number of fused-ring (bicyclic) bond motifs is 3. The third-order valence-corrected chi connectivity index (χ3v) is 9.11. The molecule has 0 bridgehead atoms. The number of nitrogens with two attached hydrogens (primary N) is 2. The number of rotatable bonds is 6. The number of hydrogen-bond donors (Lipinski definition) is 4. The van der Waals surface area contributed by atoms with Crippen LogP contribution in [0.4, 0.5) is 11.4 Å². The molecular formula is C45H28N2O4. The van der Waals surface area contributed by atoms with Gasteiger partial charge in [-0.1, -0.05) is 60.1 Å². The Hall–Kier alpha value is -7.64. The van der Waals surface area contributed by atoms with E-state index in [1.165, 1.54) is 12.1 Å². The number of phenolic OH excluding ortho intramolecular Hbond substituents is 2. The Bertz CT molecular complexity index is 2380. The summed E-state index contributed by atoms with van der Waals surface area (Å²) in [6.45, 7) is 0. The van der Waals surface area contributed by atoms with Crippen LogP contribution in [0.1, 0.15) is 44.5 Å². The van der Waals surface area contributed by atoms with E-state index < -0.39 is 5.41 Å². The van der Waals surface area contributed by atoms with Crippen LogP contribution in [0, 0.1) is 49.4 Å². The molecule has 6 heteroatoms. The molecule has 6 N–H and O–H groups in total. The highest BCUT2D eigenvalue weighted by Crippen LogP contribution is 2.58. The summed E-state index contributed by atoms with van der Waals surface area (Å²) in [6, 6.07) is 32.4. The van der Waals surface area contributed by atoms with Gasteiger partial charge in [-0.15, -0.1) is 25.7 Å². The standard InChI is InChI=1S/C45H28N2O4/c1-5-27-9-21-37-43(35(27)7-3)44-36(8-4)28(6-2)10-22-38(44)45(37,29-11-15-31(16-12-29)50-33-19-23-41(48)39(46)25-33)30-13-17-32(18-14-30)51-34-20-24-42(49)40(47)26-34/h1-4,9-26,48-49H,46-47H2. The van der Waals surface area contributed by atoms with Crippen molar-refractivity contribution in [2.45, 2.75) is 5.41 Å². The molecule has 0 saturated carbocycles. The molecule has 0 amide bonds. The summed E-state index contributed by atoms with van der Waals surface area (Å²) in [6.07, 6.45) is 24.3. The number of terminal acetylenes is 4. The highest BCUT2D eigenvalue weighted by molar-refractivity contribution is 5.95. The average Bonchev–Trinajstić information content (AvgIpc) is 3.45. The zero-order valence-electron chi connectivity index (χ0n) is 27.1. The maximum atomic E-state index is 9.87. The third kappa shape index (κ3) is 5.10. The summed E-state index contributed by atoms with van der Waals surface area (Å²) in [5, 5.41) is 19.7. The van der Waals surface area contributed by atoms with Crippen LogP contribution in [0.15, 0.2) is 109 Å². The molecule has 0 unspecified atom stereocenters. The van der Waals surface area contributed by atoms with Gasteiger partial charge in [0, 0.05) is 45.5 Å². The molecule has 7 rings (SSSR count). The first-order chi connectivity index (χ1) is 24.7. The molecule has 0 fully saturated rings. The van der Waals surface area contributed by atoms with Crippen molar-refractivity contribution in [2.24, 2.45) is 0 Å². The Morgan fingerprint density at radius 1 is 0.471 bits per heavy atom. The zero-order chi connectivity index (χ0) is 35.9. The Morgan fingerprint density at radius 2 is 0.843 bits per heavy atom. The van der Waals surface area contributed by atoms with E-state index in [1.54, 1.807) is 24.3 Å². The fraction of sp³-hybridized carbons (Fsp3) is 0.0222. The molecule has 242 valence electrons. The maximum absolute atomic E-state index is 9.87. The van der Waals surface area contributed by atoms with Crippen LogP contribution < -0.4 is 20.9 Å². The monoisotopic (exact) mass is 660 g/mol. The van der Waals surface area contributed by atoms with Gasteiger partial charge in [-0.3, -0.25) is 0 Å². The molecule has 0 heterocycles. The van der Waals surface area contributed by atoms with Crippen molar-refractivity contribution < 1.29 is 19.7 Å². The lowest BCUT2D eigenvalue weighted by Gasteiger charge is -2.34. The van der Waals surface area contributed by atoms with Crippen LogP contribution in [-0.4, -0.2) is 10.2 Å². The zero-order valence-corrected chi connectivity index (χ0v) is 27.1. The number of benzene rings is 6. The molecule has 0 radical (unpaired) electrons. The van der Waals surface area contributed by atoms with Crippen molar-refractivity contribution in [3.63, 3.8) is 0 Å². The molecule has 1 aliphatic rings. The normalized spacial score (nSPS) is 11.9. The van der Waals surface area contributed by atoms with Gasteiger partial charge in [0.15, 0.2) is 0 Å². The summed E-state index contributed by atoms with van der Waals surface area (Å²) in [5.74, 6) is 13.2. The molecule has 6 aromatic carbocycles. The number of anilines is 2. The van der Waals surface area contributed by atoms with E-state index in [1.807, 2.05) is 72.8 Å². The van der Waals surface area contributed by atoms with Crippen LogP contribution in [-0.2, 0) is 5.41 Å². The largest absolute Gasteiger partial charge is 0.506 e. The number of ether oxygens (including phenoxy) is 2. The van der Waals surface area contributed by atoms with Gasteiger partial charge in [0.05, 0.1) is 16.8 Å². The Kier molecular flexibility index (Phi) is 7.78. The van der Waals surface area contributed by atoms with Crippen LogP contribution in [0.2, 0.25) is 0 Å². The van der Waals surface area contributed by atoms with Crippen molar-refractivity contribution in [2.75, 3.05) is 11.5 Å². The average molecular weight is 661 g/mol. The lowest BCUT2D eigenvalue weighted by atomic mass is 9.67. The van der Waals surface area contributed by atoms with E-state index in [0.717, 1.165) is 33.4 Å². The van der Waals surface area contributed by atoms with E-state index in [2.05, 4.69) is 23.7 Å². The molecule has 51 heavy (non-hydrogen) atoms. The SMILES string of the molecule is C#Cc1ccc2c(c1C#C)-c1c(ccc(C#C)c1C#C)C2(c1ccc(Oc2ccc(O)c(N)c2)cc1)c1ccc(Oc2ccc(O)c(N)c2)cc1. The van der Waals surface area contributed by atoms with E-state index >= 15 is 0 Å². The van der Waals surface area contributed by atoms with Crippen molar-refractivity contribution in [1.82, 2.24) is 0 Å². The topological polar surface area (TPSA) is 111 Å². The van der Waals surface area contributed by atoms with Crippen LogP contribution in [0.5, 0.6) is 34.5 Å². The van der Waals surface area contributed by atoms with Gasteiger partial charge >= 0.3 is 0 Å². The van der Waals surface area contributed by atoms with Crippen LogP contribution in [0.25, 0.3) is 11.1 Å². The van der Waals surface area contributed by atoms with Crippen LogP contribution in [0.3, 0.4) is 0 Å². The molecule has 0 atom stereocenters. The molecular weight excluding hydrogens is 633 g/mol. The van der Waals surface area contributed by atoms with E-state index in [0.29, 0.717) is 45.3 Å². The minimum atomic E-state index is -0.953. The smallest absolute Gasteiger partial charge is 0.138 e. The Balaban J connectivity index is 1.47.